The van der Waals surface area contributed by atoms with Crippen molar-refractivity contribution in [2.45, 2.75) is 11.1 Å². The zero-order valence-electron chi connectivity index (χ0n) is 16.5. The van der Waals surface area contributed by atoms with E-state index in [2.05, 4.69) is 31.4 Å². The van der Waals surface area contributed by atoms with Gasteiger partial charge in [-0.05, 0) is 40.4 Å². The van der Waals surface area contributed by atoms with Crippen LogP contribution in [-0.4, -0.2) is 61.5 Å². The largest absolute Gasteiger partial charge is 0.453 e. The van der Waals surface area contributed by atoms with Crippen molar-refractivity contribution in [3.63, 3.8) is 0 Å². The molecule has 0 bridgehead atoms. The average Bonchev–Trinajstić information content (AvgIpc) is 3.20. The van der Waals surface area contributed by atoms with Gasteiger partial charge in [0, 0.05) is 11.8 Å². The molecule has 0 saturated heterocycles. The predicted octanol–water partition coefficient (Wildman–Crippen LogP) is 3.24. The standard InChI is InChI=1S/C17H16BrF3N4O5S2/c1-31-8-29-11(26)7-23-13(12(18)14(22)17(19,20)21)16-25-24-15(30-16)9-4-3-5-10(6-9)32(2,27)28/h3-6,22-23H,7-8H2,1-2H3/b13-12+,22-14?. The van der Waals surface area contributed by atoms with Crippen molar-refractivity contribution in [2.75, 3.05) is 25.0 Å². The van der Waals surface area contributed by atoms with Crippen LogP contribution < -0.4 is 5.32 Å². The Kier molecular flexibility index (Phi) is 8.47. The minimum Gasteiger partial charge on any atom is -0.453 e. The summed E-state index contributed by atoms with van der Waals surface area (Å²) in [5, 5.41) is 17.2. The fraction of sp³-hybridized carbons (Fsp3) is 0.294. The van der Waals surface area contributed by atoms with Crippen molar-refractivity contribution in [1.29, 1.82) is 5.41 Å². The summed E-state index contributed by atoms with van der Waals surface area (Å²) in [5.41, 5.74) is -2.02. The van der Waals surface area contributed by atoms with E-state index >= 15 is 0 Å². The highest BCUT2D eigenvalue weighted by molar-refractivity contribution is 9.12. The fourth-order valence-electron chi connectivity index (χ4n) is 2.13. The van der Waals surface area contributed by atoms with Crippen LogP contribution in [0.2, 0.25) is 0 Å². The normalized spacial score (nSPS) is 12.8. The maximum absolute atomic E-state index is 13.0. The zero-order valence-corrected chi connectivity index (χ0v) is 19.7. The molecular weight excluding hydrogens is 541 g/mol. The maximum atomic E-state index is 13.0. The highest BCUT2D eigenvalue weighted by Gasteiger charge is 2.38. The van der Waals surface area contributed by atoms with Gasteiger partial charge in [-0.15, -0.1) is 22.0 Å². The van der Waals surface area contributed by atoms with Gasteiger partial charge < -0.3 is 14.5 Å². The summed E-state index contributed by atoms with van der Waals surface area (Å²) < 4.78 is 72.1. The first-order valence-electron chi connectivity index (χ1n) is 8.43. The second-order valence-electron chi connectivity index (χ2n) is 6.05. The van der Waals surface area contributed by atoms with Crippen molar-refractivity contribution in [3.8, 4) is 11.5 Å². The molecule has 174 valence electrons. The molecule has 0 saturated carbocycles. The number of rotatable bonds is 9. The quantitative estimate of drug-likeness (QED) is 0.271. The number of thioether (sulfide) groups is 1. The van der Waals surface area contributed by atoms with Gasteiger partial charge in [0.05, 0.1) is 9.38 Å². The Morgan fingerprint density at radius 2 is 2.03 bits per heavy atom. The fourth-order valence-corrected chi connectivity index (χ4v) is 3.58. The van der Waals surface area contributed by atoms with Gasteiger partial charge in [-0.3, -0.25) is 10.2 Å². The highest BCUT2D eigenvalue weighted by atomic mass is 79.9. The van der Waals surface area contributed by atoms with E-state index < -0.39 is 50.3 Å². The van der Waals surface area contributed by atoms with E-state index in [-0.39, 0.29) is 22.3 Å². The SMILES string of the molecule is CSCOC(=O)CN/C(=C(/Br)C(=N)C(F)(F)F)c1nnc(-c2cccc(S(C)(=O)=O)c2)o1. The van der Waals surface area contributed by atoms with Crippen molar-refractivity contribution in [2.24, 2.45) is 0 Å². The predicted molar refractivity (Wildman–Crippen MR) is 115 cm³/mol. The van der Waals surface area contributed by atoms with E-state index in [4.69, 9.17) is 14.6 Å². The average molecular weight is 557 g/mol. The number of alkyl halides is 3. The monoisotopic (exact) mass is 556 g/mol. The number of hydrogen-bond acceptors (Lipinski definition) is 10. The third-order valence-corrected chi connectivity index (χ3v) is 5.87. The number of aromatic nitrogens is 2. The summed E-state index contributed by atoms with van der Waals surface area (Å²) in [4.78, 5) is 11.7. The van der Waals surface area contributed by atoms with Crippen LogP contribution in [0.3, 0.4) is 0 Å². The molecule has 9 nitrogen and oxygen atoms in total. The number of esters is 1. The number of halogens is 4. The Balaban J connectivity index is 2.44. The number of allylic oxidation sites excluding steroid dienone is 1. The molecule has 0 aliphatic carbocycles. The summed E-state index contributed by atoms with van der Waals surface area (Å²) in [6, 6.07) is 5.51. The van der Waals surface area contributed by atoms with Gasteiger partial charge in [-0.1, -0.05) is 6.07 Å². The maximum Gasteiger partial charge on any atom is 0.433 e. The smallest absolute Gasteiger partial charge is 0.433 e. The van der Waals surface area contributed by atoms with E-state index in [0.717, 1.165) is 6.26 Å². The Labute approximate surface area is 193 Å². The molecule has 1 heterocycles. The lowest BCUT2D eigenvalue weighted by molar-refractivity contribution is -0.140. The summed E-state index contributed by atoms with van der Waals surface area (Å²) in [6.45, 7) is -0.544. The molecule has 32 heavy (non-hydrogen) atoms. The van der Waals surface area contributed by atoms with Crippen LogP contribution in [0.5, 0.6) is 0 Å². The van der Waals surface area contributed by atoms with Gasteiger partial charge in [-0.25, -0.2) is 8.42 Å². The van der Waals surface area contributed by atoms with Gasteiger partial charge in [0.1, 0.15) is 18.2 Å². The Morgan fingerprint density at radius 1 is 1.34 bits per heavy atom. The van der Waals surface area contributed by atoms with Crippen LogP contribution in [0.4, 0.5) is 13.2 Å². The lowest BCUT2D eigenvalue weighted by Gasteiger charge is -2.13. The second-order valence-corrected chi connectivity index (χ2v) is 9.67. The number of nitrogens with zero attached hydrogens (tertiary/aromatic N) is 2. The lowest BCUT2D eigenvalue weighted by atomic mass is 10.2. The van der Waals surface area contributed by atoms with Crippen LogP contribution in [0.25, 0.3) is 17.2 Å². The molecule has 0 aliphatic rings. The van der Waals surface area contributed by atoms with Crippen LogP contribution >= 0.6 is 27.7 Å². The summed E-state index contributed by atoms with van der Waals surface area (Å²) in [7, 11) is -3.54. The van der Waals surface area contributed by atoms with Crippen molar-refractivity contribution in [3.05, 3.63) is 34.6 Å². The van der Waals surface area contributed by atoms with Gasteiger partial charge in [0.2, 0.25) is 5.89 Å². The molecule has 0 unspecified atom stereocenters. The van der Waals surface area contributed by atoms with E-state index in [0.29, 0.717) is 0 Å². The van der Waals surface area contributed by atoms with Crippen LogP contribution in [0.1, 0.15) is 5.89 Å². The molecule has 2 N–H and O–H groups in total. The molecule has 2 rings (SSSR count). The molecular formula is C17H16BrF3N4O5S2. The number of carbonyl (C=O) groups is 1. The van der Waals surface area contributed by atoms with Crippen LogP contribution in [0, 0.1) is 5.41 Å². The van der Waals surface area contributed by atoms with E-state index in [9.17, 15) is 26.4 Å². The molecule has 0 spiro atoms. The number of nitrogens with one attached hydrogen (secondary N) is 2. The Morgan fingerprint density at radius 3 is 2.62 bits per heavy atom. The van der Waals surface area contributed by atoms with E-state index in [1.807, 2.05) is 0 Å². The second kappa shape index (κ2) is 10.5. The Bertz CT molecular complexity index is 1150. The van der Waals surface area contributed by atoms with Crippen molar-refractivity contribution in [1.82, 2.24) is 15.5 Å². The third kappa shape index (κ3) is 6.80. The Hall–Kier alpha value is -2.39. The number of benzene rings is 1. The summed E-state index contributed by atoms with van der Waals surface area (Å²) in [6.07, 6.45) is -2.31. The molecule has 0 radical (unpaired) electrons. The lowest BCUT2D eigenvalue weighted by Crippen LogP contribution is -2.28. The molecule has 0 amide bonds. The minimum absolute atomic E-state index is 0.0276. The highest BCUT2D eigenvalue weighted by Crippen LogP contribution is 2.30. The minimum atomic E-state index is -5.00. The molecule has 15 heteroatoms. The topological polar surface area (TPSA) is 135 Å². The van der Waals surface area contributed by atoms with Crippen LogP contribution in [0.15, 0.2) is 38.1 Å². The van der Waals surface area contributed by atoms with Gasteiger partial charge in [-0.2, -0.15) is 13.2 Å². The van der Waals surface area contributed by atoms with Gasteiger partial charge >= 0.3 is 12.1 Å². The number of hydrogen-bond donors (Lipinski definition) is 2. The molecule has 0 fully saturated rings. The molecule has 2 aromatic rings. The zero-order chi connectivity index (χ0) is 24.1. The first kappa shape index (κ1) is 25.9. The molecule has 1 aromatic heterocycles. The summed E-state index contributed by atoms with van der Waals surface area (Å²) in [5.74, 6) is -1.38. The van der Waals surface area contributed by atoms with Crippen LogP contribution in [-0.2, 0) is 19.4 Å². The molecule has 0 atom stereocenters. The first-order chi connectivity index (χ1) is 14.8. The van der Waals surface area contributed by atoms with Gasteiger partial charge in [0.25, 0.3) is 5.89 Å². The van der Waals surface area contributed by atoms with E-state index in [1.165, 1.54) is 36.0 Å². The molecule has 0 aliphatic heterocycles. The first-order valence-corrected chi connectivity index (χ1v) is 12.5. The number of ether oxygens (including phenoxy) is 1. The third-order valence-electron chi connectivity index (χ3n) is 3.62. The molecule has 1 aromatic carbocycles. The van der Waals surface area contributed by atoms with Crippen molar-refractivity contribution < 1.29 is 35.5 Å². The van der Waals surface area contributed by atoms with Crippen molar-refractivity contribution >= 4 is 54.9 Å². The van der Waals surface area contributed by atoms with E-state index in [1.54, 1.807) is 6.26 Å². The number of carbonyl (C=O) groups excluding carboxylic acids is 1. The summed E-state index contributed by atoms with van der Waals surface area (Å²) >= 11 is 3.92. The van der Waals surface area contributed by atoms with Gasteiger partial charge in [0.15, 0.2) is 15.5 Å². The number of sulfone groups is 1.